The first-order chi connectivity index (χ1) is 11.2. The van der Waals surface area contributed by atoms with Crippen molar-refractivity contribution in [1.82, 2.24) is 5.43 Å². The van der Waals surface area contributed by atoms with Crippen molar-refractivity contribution in [3.8, 4) is 0 Å². The highest BCUT2D eigenvalue weighted by molar-refractivity contribution is 5.85. The van der Waals surface area contributed by atoms with Crippen molar-refractivity contribution in [3.05, 3.63) is 29.8 Å². The number of carbonyl (C=O) groups excluding carboxylic acids is 1. The van der Waals surface area contributed by atoms with Crippen molar-refractivity contribution in [2.45, 2.75) is 38.5 Å². The molecule has 0 aromatic heterocycles. The number of hydrogen-bond acceptors (Lipinski definition) is 3. The molecule has 2 unspecified atom stereocenters. The molecule has 3 rings (SSSR count). The van der Waals surface area contributed by atoms with Crippen LogP contribution < -0.4 is 10.3 Å². The van der Waals surface area contributed by atoms with Crippen LogP contribution in [-0.4, -0.2) is 26.2 Å². The number of benzene rings is 1. The van der Waals surface area contributed by atoms with Crippen molar-refractivity contribution in [1.29, 1.82) is 0 Å². The smallest absolute Gasteiger partial charge is 0.243 e. The lowest BCUT2D eigenvalue weighted by Crippen LogP contribution is -2.21. The highest BCUT2D eigenvalue weighted by Gasteiger charge is 2.53. The summed E-state index contributed by atoms with van der Waals surface area (Å²) in [6, 6.07) is 8.11. The Bertz CT molecular complexity index is 550. The highest BCUT2D eigenvalue weighted by atomic mass is 16.2. The molecule has 1 aromatic rings. The first-order valence-corrected chi connectivity index (χ1v) is 8.77. The first-order valence-electron chi connectivity index (χ1n) is 8.77. The maximum Gasteiger partial charge on any atom is 0.243 e. The van der Waals surface area contributed by atoms with Crippen LogP contribution >= 0.6 is 0 Å². The van der Waals surface area contributed by atoms with Crippen LogP contribution in [0.5, 0.6) is 0 Å². The predicted octanol–water partition coefficient (Wildman–Crippen LogP) is 3.42. The van der Waals surface area contributed by atoms with Gasteiger partial charge in [-0.3, -0.25) is 4.79 Å². The largest absolute Gasteiger partial charge is 0.378 e. The predicted molar refractivity (Wildman–Crippen MR) is 94.7 cm³/mol. The fraction of sp³-hybridized carbons (Fsp3) is 0.579. The van der Waals surface area contributed by atoms with Gasteiger partial charge in [0.25, 0.3) is 0 Å². The Balaban J connectivity index is 1.50. The molecule has 2 saturated carbocycles. The van der Waals surface area contributed by atoms with Crippen molar-refractivity contribution in [2.75, 3.05) is 19.0 Å². The van der Waals surface area contributed by atoms with Crippen LogP contribution in [0, 0.1) is 17.8 Å². The van der Waals surface area contributed by atoms with Gasteiger partial charge in [-0.25, -0.2) is 5.43 Å². The molecule has 23 heavy (non-hydrogen) atoms. The topological polar surface area (TPSA) is 44.7 Å². The average molecular weight is 313 g/mol. The Morgan fingerprint density at radius 2 is 1.70 bits per heavy atom. The molecule has 1 amide bonds. The summed E-state index contributed by atoms with van der Waals surface area (Å²) in [7, 11) is 4.03. The van der Waals surface area contributed by atoms with Gasteiger partial charge in [0.1, 0.15) is 0 Å². The average Bonchev–Trinajstić information content (AvgIpc) is 3.19. The SMILES string of the molecule is CN(C)c1ccc(/C=N/NC(=O)C2C3CCCCCCC32)cc1. The lowest BCUT2D eigenvalue weighted by Gasteiger charge is -2.11. The molecule has 1 N–H and O–H groups in total. The summed E-state index contributed by atoms with van der Waals surface area (Å²) >= 11 is 0. The van der Waals surface area contributed by atoms with E-state index >= 15 is 0 Å². The van der Waals surface area contributed by atoms with E-state index in [-0.39, 0.29) is 11.8 Å². The third-order valence-electron chi connectivity index (χ3n) is 5.26. The number of carbonyl (C=O) groups is 1. The van der Waals surface area contributed by atoms with E-state index in [0.717, 1.165) is 11.3 Å². The Morgan fingerprint density at radius 3 is 2.26 bits per heavy atom. The van der Waals surface area contributed by atoms with E-state index < -0.39 is 0 Å². The van der Waals surface area contributed by atoms with Crippen LogP contribution in [-0.2, 0) is 4.79 Å². The number of hydrogen-bond donors (Lipinski definition) is 1. The van der Waals surface area contributed by atoms with Crippen molar-refractivity contribution >= 4 is 17.8 Å². The monoisotopic (exact) mass is 313 g/mol. The summed E-state index contributed by atoms with van der Waals surface area (Å²) in [5.74, 6) is 1.55. The zero-order valence-corrected chi connectivity index (χ0v) is 14.2. The third kappa shape index (κ3) is 3.92. The quantitative estimate of drug-likeness (QED) is 0.684. The van der Waals surface area contributed by atoms with Crippen LogP contribution in [0.2, 0.25) is 0 Å². The zero-order chi connectivity index (χ0) is 16.2. The molecule has 124 valence electrons. The number of nitrogens with one attached hydrogen (secondary N) is 1. The Hall–Kier alpha value is -1.84. The summed E-state index contributed by atoms with van der Waals surface area (Å²) < 4.78 is 0. The number of nitrogens with zero attached hydrogens (tertiary/aromatic N) is 2. The van der Waals surface area contributed by atoms with Crippen LogP contribution in [0.3, 0.4) is 0 Å². The van der Waals surface area contributed by atoms with Crippen LogP contribution in [0.15, 0.2) is 29.4 Å². The molecule has 4 nitrogen and oxygen atoms in total. The standard InChI is InChI=1S/C19H27N3O/c1-22(2)15-11-9-14(10-12-15)13-20-21-19(23)18-16-7-5-3-4-6-8-17(16)18/h9-13,16-18H,3-8H2,1-2H3,(H,21,23)/b20-13+. The van der Waals surface area contributed by atoms with Gasteiger partial charge in [0.05, 0.1) is 6.21 Å². The van der Waals surface area contributed by atoms with Crippen molar-refractivity contribution < 1.29 is 4.79 Å². The summed E-state index contributed by atoms with van der Waals surface area (Å²) in [4.78, 5) is 14.4. The molecule has 0 radical (unpaired) electrons. The third-order valence-corrected chi connectivity index (χ3v) is 5.26. The molecule has 0 bridgehead atoms. The normalized spacial score (nSPS) is 27.0. The van der Waals surface area contributed by atoms with E-state index in [1.165, 1.54) is 38.5 Å². The minimum absolute atomic E-state index is 0.114. The van der Waals surface area contributed by atoms with Crippen LogP contribution in [0.25, 0.3) is 0 Å². The molecule has 0 spiro atoms. The van der Waals surface area contributed by atoms with Gasteiger partial charge in [0, 0.05) is 25.7 Å². The lowest BCUT2D eigenvalue weighted by atomic mass is 10.0. The number of anilines is 1. The van der Waals surface area contributed by atoms with Gasteiger partial charge in [-0.05, 0) is 42.4 Å². The van der Waals surface area contributed by atoms with Crippen LogP contribution in [0.4, 0.5) is 5.69 Å². The highest BCUT2D eigenvalue weighted by Crippen LogP contribution is 2.53. The van der Waals surface area contributed by atoms with Gasteiger partial charge in [-0.1, -0.05) is 37.8 Å². The van der Waals surface area contributed by atoms with E-state index in [1.54, 1.807) is 6.21 Å². The van der Waals surface area contributed by atoms with Crippen LogP contribution in [0.1, 0.15) is 44.1 Å². The number of amides is 1. The molecule has 0 heterocycles. The fourth-order valence-corrected chi connectivity index (χ4v) is 3.84. The molecular formula is C19H27N3O. The van der Waals surface area contributed by atoms with E-state index in [0.29, 0.717) is 11.8 Å². The Morgan fingerprint density at radius 1 is 1.09 bits per heavy atom. The second-order valence-electron chi connectivity index (χ2n) is 7.07. The maximum atomic E-state index is 12.3. The second-order valence-corrected chi connectivity index (χ2v) is 7.07. The fourth-order valence-electron chi connectivity index (χ4n) is 3.84. The molecular weight excluding hydrogens is 286 g/mol. The van der Waals surface area contributed by atoms with Crippen molar-refractivity contribution in [2.24, 2.45) is 22.9 Å². The molecule has 2 aliphatic rings. The van der Waals surface area contributed by atoms with Gasteiger partial charge in [0.2, 0.25) is 5.91 Å². The summed E-state index contributed by atoms with van der Waals surface area (Å²) in [6.07, 6.45) is 9.40. The summed E-state index contributed by atoms with van der Waals surface area (Å²) in [6.45, 7) is 0. The first kappa shape index (κ1) is 16.0. The Labute approximate surface area is 139 Å². The molecule has 4 heteroatoms. The van der Waals surface area contributed by atoms with Gasteiger partial charge in [-0.2, -0.15) is 5.10 Å². The molecule has 2 fully saturated rings. The van der Waals surface area contributed by atoms with E-state index in [1.807, 2.05) is 38.4 Å². The summed E-state index contributed by atoms with van der Waals surface area (Å²) in [5, 5.41) is 4.14. The number of fused-ring (bicyclic) bond motifs is 1. The molecule has 2 atom stereocenters. The van der Waals surface area contributed by atoms with Gasteiger partial charge in [-0.15, -0.1) is 0 Å². The minimum atomic E-state index is 0.114. The number of hydrazone groups is 1. The maximum absolute atomic E-state index is 12.3. The van der Waals surface area contributed by atoms with Crippen molar-refractivity contribution in [3.63, 3.8) is 0 Å². The van der Waals surface area contributed by atoms with E-state index in [2.05, 4.69) is 15.4 Å². The minimum Gasteiger partial charge on any atom is -0.378 e. The van der Waals surface area contributed by atoms with Gasteiger partial charge in [0.15, 0.2) is 0 Å². The molecule has 0 aliphatic heterocycles. The zero-order valence-electron chi connectivity index (χ0n) is 14.2. The summed E-state index contributed by atoms with van der Waals surface area (Å²) in [5.41, 5.74) is 4.90. The second kappa shape index (κ2) is 7.16. The van der Waals surface area contributed by atoms with Gasteiger partial charge < -0.3 is 4.90 Å². The lowest BCUT2D eigenvalue weighted by molar-refractivity contribution is -0.122. The van der Waals surface area contributed by atoms with E-state index in [9.17, 15) is 4.79 Å². The molecule has 0 saturated heterocycles. The van der Waals surface area contributed by atoms with E-state index in [4.69, 9.17) is 0 Å². The molecule has 1 aromatic carbocycles. The Kier molecular flexibility index (Phi) is 4.99. The van der Waals surface area contributed by atoms with Gasteiger partial charge >= 0.3 is 0 Å². The number of rotatable bonds is 4. The molecule has 2 aliphatic carbocycles.